The van der Waals surface area contributed by atoms with E-state index in [-0.39, 0.29) is 6.61 Å². The van der Waals surface area contributed by atoms with Crippen molar-refractivity contribution in [2.75, 3.05) is 6.61 Å². The Hall–Kier alpha value is -1.35. The van der Waals surface area contributed by atoms with E-state index in [9.17, 15) is 4.79 Å². The van der Waals surface area contributed by atoms with E-state index in [1.165, 1.54) is 12.4 Å². The van der Waals surface area contributed by atoms with Crippen molar-refractivity contribution in [3.8, 4) is 0 Å². The Bertz CT molecular complexity index is 311. The molecule has 1 aromatic heterocycles. The molecule has 1 rings (SSSR count). The summed E-state index contributed by atoms with van der Waals surface area (Å²) in [6.07, 6.45) is 3.04. The van der Waals surface area contributed by atoms with Gasteiger partial charge in [-0.1, -0.05) is 18.2 Å². The lowest BCUT2D eigenvalue weighted by Gasteiger charge is -2.01. The molecular weight excluding hydrogens is 190 g/mol. The largest absolute Gasteiger partial charge is 0.456 e. The zero-order valence-corrected chi connectivity index (χ0v) is 7.62. The molecule has 4 heteroatoms. The Balaban J connectivity index is 2.54. The van der Waals surface area contributed by atoms with Gasteiger partial charge in [0.05, 0.1) is 5.56 Å². The maximum Gasteiger partial charge on any atom is 0.338 e. The molecule has 1 aromatic rings. The topological polar surface area (TPSA) is 39.2 Å². The van der Waals surface area contributed by atoms with Crippen LogP contribution in [0, 0.1) is 0 Å². The van der Waals surface area contributed by atoms with Gasteiger partial charge in [0.15, 0.2) is 0 Å². The second-order valence-corrected chi connectivity index (χ2v) is 2.86. The molecule has 68 valence electrons. The molecule has 1 heterocycles. The molecule has 0 aliphatic rings. The molecule has 0 radical (unpaired) electrons. The quantitative estimate of drug-likeness (QED) is 0.696. The highest BCUT2D eigenvalue weighted by Gasteiger charge is 2.05. The number of aromatic nitrogens is 1. The summed E-state index contributed by atoms with van der Waals surface area (Å²) in [5, 5.41) is 0.294. The first-order valence-corrected chi connectivity index (χ1v) is 3.98. The minimum absolute atomic E-state index is 0.0305. The Labute approximate surface area is 81.0 Å². The van der Waals surface area contributed by atoms with Crippen molar-refractivity contribution in [3.63, 3.8) is 0 Å². The van der Waals surface area contributed by atoms with E-state index in [4.69, 9.17) is 16.3 Å². The van der Waals surface area contributed by atoms with Gasteiger partial charge in [-0.15, -0.1) is 0 Å². The van der Waals surface area contributed by atoms with Crippen LogP contribution >= 0.6 is 11.6 Å². The van der Waals surface area contributed by atoms with Crippen LogP contribution in [0.15, 0.2) is 36.1 Å². The lowest BCUT2D eigenvalue weighted by atomic mass is 10.3. The molecule has 0 aliphatic heterocycles. The summed E-state index contributed by atoms with van der Waals surface area (Å²) in [4.78, 5) is 15.0. The first kappa shape index (κ1) is 9.74. The highest BCUT2D eigenvalue weighted by atomic mass is 35.5. The first-order chi connectivity index (χ1) is 6.20. The number of hydrogen-bond acceptors (Lipinski definition) is 3. The van der Waals surface area contributed by atoms with Crippen molar-refractivity contribution < 1.29 is 9.53 Å². The number of pyridine rings is 1. The predicted octanol–water partition coefficient (Wildman–Crippen LogP) is 1.99. The van der Waals surface area contributed by atoms with E-state index in [1.54, 1.807) is 12.1 Å². The first-order valence-electron chi connectivity index (χ1n) is 3.60. The van der Waals surface area contributed by atoms with E-state index in [1.807, 2.05) is 0 Å². The number of halogens is 1. The molecular formula is C9H8ClNO2. The molecule has 0 saturated heterocycles. The third kappa shape index (κ3) is 3.25. The fourth-order valence-electron chi connectivity index (χ4n) is 0.715. The van der Waals surface area contributed by atoms with Crippen molar-refractivity contribution in [1.29, 1.82) is 0 Å². The van der Waals surface area contributed by atoms with Crippen LogP contribution in [0.2, 0.25) is 0 Å². The van der Waals surface area contributed by atoms with Crippen molar-refractivity contribution in [3.05, 3.63) is 41.7 Å². The van der Waals surface area contributed by atoms with Gasteiger partial charge in [-0.25, -0.2) is 4.79 Å². The number of hydrogen-bond donors (Lipinski definition) is 0. The van der Waals surface area contributed by atoms with Crippen LogP contribution in [-0.2, 0) is 4.74 Å². The normalized spacial score (nSPS) is 9.31. The van der Waals surface area contributed by atoms with E-state index < -0.39 is 5.97 Å². The van der Waals surface area contributed by atoms with Crippen LogP contribution in [0.25, 0.3) is 0 Å². The monoisotopic (exact) mass is 197 g/mol. The summed E-state index contributed by atoms with van der Waals surface area (Å²) in [5.74, 6) is -0.427. The maximum atomic E-state index is 11.2. The standard InChI is InChI=1S/C9H8ClNO2/c1-7(10)6-13-9(12)8-2-4-11-5-3-8/h2-5H,1,6H2. The van der Waals surface area contributed by atoms with Gasteiger partial charge in [-0.05, 0) is 12.1 Å². The minimum atomic E-state index is -0.427. The second-order valence-electron chi connectivity index (χ2n) is 2.33. The molecule has 0 saturated carbocycles. The molecule has 0 fully saturated rings. The van der Waals surface area contributed by atoms with Crippen LogP contribution in [-0.4, -0.2) is 17.6 Å². The van der Waals surface area contributed by atoms with Gasteiger partial charge in [0, 0.05) is 17.4 Å². The van der Waals surface area contributed by atoms with Crippen LogP contribution in [0.3, 0.4) is 0 Å². The van der Waals surface area contributed by atoms with Crippen molar-refractivity contribution in [2.24, 2.45) is 0 Å². The van der Waals surface area contributed by atoms with E-state index in [2.05, 4.69) is 11.6 Å². The fraction of sp³-hybridized carbons (Fsp3) is 0.111. The molecule has 3 nitrogen and oxygen atoms in total. The summed E-state index contributed by atoms with van der Waals surface area (Å²) in [6.45, 7) is 3.43. The molecule has 0 atom stereocenters. The van der Waals surface area contributed by atoms with Gasteiger partial charge in [-0.3, -0.25) is 4.98 Å². The molecule has 0 spiro atoms. The van der Waals surface area contributed by atoms with E-state index in [0.717, 1.165) is 0 Å². The molecule has 0 amide bonds. The van der Waals surface area contributed by atoms with Crippen LogP contribution in [0.5, 0.6) is 0 Å². The Kier molecular flexibility index (Phi) is 3.46. The summed E-state index contributed by atoms with van der Waals surface area (Å²) < 4.78 is 4.79. The SMILES string of the molecule is C=C(Cl)COC(=O)c1ccncc1. The Morgan fingerprint density at radius 2 is 2.15 bits per heavy atom. The van der Waals surface area contributed by atoms with Crippen LogP contribution < -0.4 is 0 Å². The second kappa shape index (κ2) is 4.62. The number of nitrogens with zero attached hydrogens (tertiary/aromatic N) is 1. The molecule has 0 N–H and O–H groups in total. The summed E-state index contributed by atoms with van der Waals surface area (Å²) in [7, 11) is 0. The maximum absolute atomic E-state index is 11.2. The predicted molar refractivity (Wildman–Crippen MR) is 49.5 cm³/mol. The minimum Gasteiger partial charge on any atom is -0.456 e. The summed E-state index contributed by atoms with van der Waals surface area (Å²) in [6, 6.07) is 3.14. The number of carbonyl (C=O) groups is 1. The molecule has 0 bridgehead atoms. The van der Waals surface area contributed by atoms with E-state index >= 15 is 0 Å². The fourth-order valence-corrected chi connectivity index (χ4v) is 0.770. The van der Waals surface area contributed by atoms with E-state index in [0.29, 0.717) is 10.6 Å². The van der Waals surface area contributed by atoms with Crippen molar-refractivity contribution in [2.45, 2.75) is 0 Å². The lowest BCUT2D eigenvalue weighted by molar-refractivity contribution is 0.0546. The smallest absolute Gasteiger partial charge is 0.338 e. The number of esters is 1. The highest BCUT2D eigenvalue weighted by molar-refractivity contribution is 6.29. The van der Waals surface area contributed by atoms with Crippen LogP contribution in [0.1, 0.15) is 10.4 Å². The molecule has 0 aliphatic carbocycles. The van der Waals surface area contributed by atoms with Crippen LogP contribution in [0.4, 0.5) is 0 Å². The van der Waals surface area contributed by atoms with Gasteiger partial charge in [0.1, 0.15) is 6.61 Å². The Morgan fingerprint density at radius 1 is 1.54 bits per heavy atom. The van der Waals surface area contributed by atoms with Gasteiger partial charge < -0.3 is 4.74 Å². The van der Waals surface area contributed by atoms with Gasteiger partial charge in [0.2, 0.25) is 0 Å². The summed E-state index contributed by atoms with van der Waals surface area (Å²) >= 11 is 5.43. The van der Waals surface area contributed by atoms with Gasteiger partial charge >= 0.3 is 5.97 Å². The third-order valence-electron chi connectivity index (χ3n) is 1.28. The van der Waals surface area contributed by atoms with Gasteiger partial charge in [0.25, 0.3) is 0 Å². The Morgan fingerprint density at radius 3 is 2.69 bits per heavy atom. The number of carbonyl (C=O) groups excluding carboxylic acids is 1. The van der Waals surface area contributed by atoms with Gasteiger partial charge in [-0.2, -0.15) is 0 Å². The summed E-state index contributed by atoms with van der Waals surface area (Å²) in [5.41, 5.74) is 0.452. The molecule has 0 unspecified atom stereocenters. The molecule has 0 aromatic carbocycles. The average Bonchev–Trinajstić information content (AvgIpc) is 2.15. The number of rotatable bonds is 3. The zero-order valence-electron chi connectivity index (χ0n) is 6.87. The average molecular weight is 198 g/mol. The number of ether oxygens (including phenoxy) is 1. The third-order valence-corrected chi connectivity index (χ3v) is 1.39. The zero-order chi connectivity index (χ0) is 9.68. The molecule has 13 heavy (non-hydrogen) atoms. The van der Waals surface area contributed by atoms with Crippen molar-refractivity contribution >= 4 is 17.6 Å². The van der Waals surface area contributed by atoms with Crippen molar-refractivity contribution in [1.82, 2.24) is 4.98 Å². The highest BCUT2D eigenvalue weighted by Crippen LogP contribution is 2.02. The lowest BCUT2D eigenvalue weighted by Crippen LogP contribution is -2.05.